The number of fused-ring (bicyclic) bond motifs is 1. The van der Waals surface area contributed by atoms with Gasteiger partial charge in [0, 0.05) is 19.6 Å². The molecule has 1 aliphatic carbocycles. The van der Waals surface area contributed by atoms with E-state index in [0.717, 1.165) is 0 Å². The summed E-state index contributed by atoms with van der Waals surface area (Å²) in [6, 6.07) is 0. The van der Waals surface area contributed by atoms with Crippen LogP contribution < -0.4 is 0 Å². The first-order chi connectivity index (χ1) is 10.1. The highest BCUT2D eigenvalue weighted by molar-refractivity contribution is 6.35. The Morgan fingerprint density at radius 3 is 2.32 bits per heavy atom. The summed E-state index contributed by atoms with van der Waals surface area (Å²) in [5, 5.41) is 0.475. The van der Waals surface area contributed by atoms with E-state index < -0.39 is 27.5 Å². The lowest BCUT2D eigenvalue weighted by molar-refractivity contribution is -0.236. The van der Waals surface area contributed by atoms with Crippen molar-refractivity contribution in [3.05, 3.63) is 10.8 Å². The highest BCUT2D eigenvalue weighted by Gasteiger charge is 2.81. The first-order valence-electron chi connectivity index (χ1n) is 6.97. The fraction of sp³-hybridized carbons (Fsp3) is 0.800. The summed E-state index contributed by atoms with van der Waals surface area (Å²) in [5.41, 5.74) is -1.46. The van der Waals surface area contributed by atoms with Gasteiger partial charge in [0.2, 0.25) is 5.78 Å². The van der Waals surface area contributed by atoms with Gasteiger partial charge in [0.15, 0.2) is 4.87 Å². The molecule has 0 bridgehead atoms. The van der Waals surface area contributed by atoms with Gasteiger partial charge in [-0.25, -0.2) is 0 Å². The molecule has 0 unspecified atom stereocenters. The summed E-state index contributed by atoms with van der Waals surface area (Å²) < 4.78 is 22.1. The number of carbonyl (C=O) groups excluding carboxylic acids is 1. The molecule has 1 fully saturated rings. The van der Waals surface area contributed by atoms with Crippen LogP contribution in [0.25, 0.3) is 0 Å². The Hall–Kier alpha value is -0.330. The van der Waals surface area contributed by atoms with Crippen LogP contribution in [0.1, 0.15) is 27.2 Å². The summed E-state index contributed by atoms with van der Waals surface area (Å²) in [6.45, 7) is 5.47. The maximum atomic E-state index is 12.8. The monoisotopic (exact) mass is 352 g/mol. The van der Waals surface area contributed by atoms with Crippen molar-refractivity contribution in [3.63, 3.8) is 0 Å². The third-order valence-electron chi connectivity index (χ3n) is 5.14. The summed E-state index contributed by atoms with van der Waals surface area (Å²) in [6.07, 6.45) is 0.430. The second-order valence-electron chi connectivity index (χ2n) is 6.39. The van der Waals surface area contributed by atoms with E-state index in [4.69, 9.17) is 42.1 Å². The maximum absolute atomic E-state index is 12.8. The summed E-state index contributed by atoms with van der Waals surface area (Å²) in [7, 11) is 4.29. The molecule has 22 heavy (non-hydrogen) atoms. The molecule has 0 amide bonds. The number of allylic oxidation sites excluding steroid dienone is 1. The fourth-order valence-corrected chi connectivity index (χ4v) is 4.90. The van der Waals surface area contributed by atoms with Gasteiger partial charge in [-0.05, 0) is 20.3 Å². The fourth-order valence-electron chi connectivity index (χ4n) is 3.66. The molecule has 0 radical (unpaired) electrons. The number of hydrogen-bond acceptors (Lipinski definition) is 5. The molecule has 7 heteroatoms. The van der Waals surface area contributed by atoms with Gasteiger partial charge in [0.1, 0.15) is 12.4 Å². The first-order valence-corrected chi connectivity index (χ1v) is 7.73. The normalized spacial score (nSPS) is 40.0. The molecular weight excluding hydrogens is 331 g/mol. The van der Waals surface area contributed by atoms with Crippen LogP contribution in [0.4, 0.5) is 0 Å². The van der Waals surface area contributed by atoms with Gasteiger partial charge in [-0.15, -0.1) is 11.6 Å². The van der Waals surface area contributed by atoms with Crippen LogP contribution in [-0.4, -0.2) is 50.0 Å². The molecule has 3 atom stereocenters. The van der Waals surface area contributed by atoms with E-state index in [2.05, 4.69) is 0 Å². The summed E-state index contributed by atoms with van der Waals surface area (Å²) in [4.78, 5) is 11.4. The van der Waals surface area contributed by atoms with Crippen LogP contribution in [0.5, 0.6) is 0 Å². The van der Waals surface area contributed by atoms with Crippen molar-refractivity contribution in [2.45, 2.75) is 43.5 Å². The number of halogens is 2. The molecule has 0 spiro atoms. The van der Waals surface area contributed by atoms with Crippen molar-refractivity contribution >= 4 is 29.0 Å². The standard InChI is InChI=1S/C15H22Cl2O5/c1-12(2)13(3)7-9(16)11(20-5)14(13,17)15(21-6,22-12)10(18)8-19-4/h7-8H2,1-6H3/t13-,14+,15-/m1/s1. The summed E-state index contributed by atoms with van der Waals surface area (Å²) in [5.74, 6) is -1.83. The van der Waals surface area contributed by atoms with Gasteiger partial charge in [-0.3, -0.25) is 4.79 Å². The summed E-state index contributed by atoms with van der Waals surface area (Å²) >= 11 is 13.4. The van der Waals surface area contributed by atoms with Crippen LogP contribution in [-0.2, 0) is 23.7 Å². The zero-order chi connectivity index (χ0) is 17.0. The van der Waals surface area contributed by atoms with E-state index in [1.54, 1.807) is 0 Å². The maximum Gasteiger partial charge on any atom is 0.259 e. The first kappa shape index (κ1) is 18.0. The number of ketones is 1. The number of alkyl halides is 1. The SMILES string of the molecule is COCC(=O)[C@@]1(OC)OC(C)(C)[C@@]2(C)CC(Cl)=C(OC)[C@@]12Cl. The van der Waals surface area contributed by atoms with Crippen molar-refractivity contribution in [1.29, 1.82) is 0 Å². The van der Waals surface area contributed by atoms with Gasteiger partial charge in [0.25, 0.3) is 5.79 Å². The predicted octanol–water partition coefficient (Wildman–Crippen LogP) is 2.84. The zero-order valence-corrected chi connectivity index (χ0v) is 15.2. The van der Waals surface area contributed by atoms with Crippen LogP contribution in [0.2, 0.25) is 0 Å². The Morgan fingerprint density at radius 2 is 1.86 bits per heavy atom. The molecule has 1 heterocycles. The molecule has 5 nitrogen and oxygen atoms in total. The smallest absolute Gasteiger partial charge is 0.259 e. The van der Waals surface area contributed by atoms with Gasteiger partial charge in [-0.1, -0.05) is 18.5 Å². The Labute approximate surface area is 140 Å². The zero-order valence-electron chi connectivity index (χ0n) is 13.7. The van der Waals surface area contributed by atoms with E-state index in [9.17, 15) is 4.79 Å². The molecule has 1 aliphatic heterocycles. The van der Waals surface area contributed by atoms with E-state index in [-0.39, 0.29) is 6.61 Å². The quantitative estimate of drug-likeness (QED) is 0.712. The van der Waals surface area contributed by atoms with E-state index >= 15 is 0 Å². The van der Waals surface area contributed by atoms with Crippen molar-refractivity contribution in [2.75, 3.05) is 27.9 Å². The lowest BCUT2D eigenvalue weighted by Gasteiger charge is -2.42. The number of ether oxygens (including phenoxy) is 4. The van der Waals surface area contributed by atoms with Gasteiger partial charge < -0.3 is 18.9 Å². The lowest BCUT2D eigenvalue weighted by atomic mass is 9.66. The number of hydrogen-bond donors (Lipinski definition) is 0. The van der Waals surface area contributed by atoms with Crippen molar-refractivity contribution in [3.8, 4) is 0 Å². The molecule has 126 valence electrons. The van der Waals surface area contributed by atoms with Crippen LogP contribution >= 0.6 is 23.2 Å². The Balaban J connectivity index is 2.73. The van der Waals surface area contributed by atoms with Crippen molar-refractivity contribution < 1.29 is 23.7 Å². The average Bonchev–Trinajstić information content (AvgIpc) is 2.71. The molecule has 0 aromatic rings. The van der Waals surface area contributed by atoms with Crippen LogP contribution in [0.15, 0.2) is 10.8 Å². The number of rotatable bonds is 5. The number of methoxy groups -OCH3 is 3. The van der Waals surface area contributed by atoms with Crippen molar-refractivity contribution in [2.24, 2.45) is 5.41 Å². The number of carbonyl (C=O) groups is 1. The van der Waals surface area contributed by atoms with Crippen LogP contribution in [0, 0.1) is 5.41 Å². The molecule has 0 aromatic heterocycles. The Morgan fingerprint density at radius 1 is 1.27 bits per heavy atom. The highest BCUT2D eigenvalue weighted by atomic mass is 35.5. The molecule has 0 saturated carbocycles. The van der Waals surface area contributed by atoms with Gasteiger partial charge >= 0.3 is 0 Å². The predicted molar refractivity (Wildman–Crippen MR) is 83.0 cm³/mol. The molecular formula is C15H22Cl2O5. The van der Waals surface area contributed by atoms with Gasteiger partial charge in [0.05, 0.1) is 17.7 Å². The third kappa shape index (κ3) is 1.80. The third-order valence-corrected chi connectivity index (χ3v) is 6.29. The molecule has 2 aliphatic rings. The molecule has 0 aromatic carbocycles. The molecule has 1 saturated heterocycles. The second kappa shape index (κ2) is 5.35. The topological polar surface area (TPSA) is 54.0 Å². The molecule has 2 rings (SSSR count). The van der Waals surface area contributed by atoms with E-state index in [0.29, 0.717) is 17.2 Å². The van der Waals surface area contributed by atoms with E-state index in [1.165, 1.54) is 21.3 Å². The van der Waals surface area contributed by atoms with E-state index in [1.807, 2.05) is 20.8 Å². The lowest BCUT2D eigenvalue weighted by Crippen LogP contribution is -2.60. The minimum atomic E-state index is -1.73. The largest absolute Gasteiger partial charge is 0.498 e. The molecule has 0 N–H and O–H groups in total. The van der Waals surface area contributed by atoms with Gasteiger partial charge in [-0.2, -0.15) is 0 Å². The van der Waals surface area contributed by atoms with Crippen LogP contribution in [0.3, 0.4) is 0 Å². The Bertz CT molecular complexity index is 532. The number of Topliss-reactive ketones (excluding diaryl/α,β-unsaturated/α-hetero) is 1. The second-order valence-corrected chi connectivity index (χ2v) is 7.42. The van der Waals surface area contributed by atoms with Crippen molar-refractivity contribution in [1.82, 2.24) is 0 Å². The minimum absolute atomic E-state index is 0.191. The highest BCUT2D eigenvalue weighted by Crippen LogP contribution is 2.70. The minimum Gasteiger partial charge on any atom is -0.498 e. The Kier molecular flexibility index (Phi) is 4.38. The average molecular weight is 353 g/mol.